The van der Waals surface area contributed by atoms with Gasteiger partial charge in [0, 0.05) is 32.2 Å². The highest BCUT2D eigenvalue weighted by molar-refractivity contribution is 6.31. The van der Waals surface area contributed by atoms with Crippen molar-refractivity contribution in [2.24, 2.45) is 4.99 Å². The van der Waals surface area contributed by atoms with Gasteiger partial charge in [-0.05, 0) is 48.7 Å². The number of nitrogens with one attached hydrogen (secondary N) is 2. The largest absolute Gasteiger partial charge is 0.497 e. The Hall–Kier alpha value is -2.93. The van der Waals surface area contributed by atoms with E-state index in [0.717, 1.165) is 35.8 Å². The second-order valence-electron chi connectivity index (χ2n) is 7.05. The first kappa shape index (κ1) is 24.3. The summed E-state index contributed by atoms with van der Waals surface area (Å²) in [5, 5.41) is 7.26. The van der Waals surface area contributed by atoms with E-state index < -0.39 is 0 Å². The second kappa shape index (κ2) is 12.7. The molecule has 2 aromatic carbocycles. The number of rotatable bonds is 10. The fourth-order valence-corrected chi connectivity index (χ4v) is 2.96. The van der Waals surface area contributed by atoms with Gasteiger partial charge in [-0.25, -0.2) is 4.99 Å². The van der Waals surface area contributed by atoms with Crippen LogP contribution in [0.3, 0.4) is 0 Å². The van der Waals surface area contributed by atoms with Gasteiger partial charge in [-0.2, -0.15) is 0 Å². The van der Waals surface area contributed by atoms with Crippen LogP contribution >= 0.6 is 11.6 Å². The summed E-state index contributed by atoms with van der Waals surface area (Å²) in [6.07, 6.45) is 0.760. The topological polar surface area (TPSA) is 75.2 Å². The number of likely N-dealkylation sites (N-methyl/N-ethyl adjacent to an activating group) is 1. The molecule has 2 rings (SSSR count). The molecule has 0 aliphatic heterocycles. The molecule has 0 heterocycles. The van der Waals surface area contributed by atoms with Crippen molar-refractivity contribution < 1.29 is 14.3 Å². The first-order valence-electron chi connectivity index (χ1n) is 10.2. The van der Waals surface area contributed by atoms with Crippen molar-refractivity contribution in [1.29, 1.82) is 0 Å². The van der Waals surface area contributed by atoms with Gasteiger partial charge in [-0.1, -0.05) is 29.8 Å². The average molecular weight is 447 g/mol. The standard InChI is InChI=1S/C23H31ClN4O3/c1-5-25-23(26-12-11-18-9-10-19(30-4)14-21(18)24)27-15-17-7-6-8-20(13-17)31-16-22(29)28(2)3/h6-10,13-14H,5,11-12,15-16H2,1-4H3,(H2,25,26,27). The summed E-state index contributed by atoms with van der Waals surface area (Å²) in [6.45, 7) is 3.96. The van der Waals surface area contributed by atoms with E-state index in [1.54, 1.807) is 21.2 Å². The van der Waals surface area contributed by atoms with Gasteiger partial charge in [0.2, 0.25) is 0 Å². The number of benzene rings is 2. The van der Waals surface area contributed by atoms with Gasteiger partial charge in [-0.3, -0.25) is 4.79 Å². The molecule has 0 fully saturated rings. The zero-order valence-electron chi connectivity index (χ0n) is 18.6. The maximum absolute atomic E-state index is 11.7. The summed E-state index contributed by atoms with van der Waals surface area (Å²) < 4.78 is 10.8. The van der Waals surface area contributed by atoms with Crippen molar-refractivity contribution in [3.63, 3.8) is 0 Å². The molecule has 168 valence electrons. The number of halogens is 1. The molecule has 0 aliphatic carbocycles. The van der Waals surface area contributed by atoms with Gasteiger partial charge in [0.1, 0.15) is 11.5 Å². The highest BCUT2D eigenvalue weighted by Crippen LogP contribution is 2.22. The Balaban J connectivity index is 1.92. The minimum absolute atomic E-state index is 0.0117. The molecule has 0 radical (unpaired) electrons. The quantitative estimate of drug-likeness (QED) is 0.433. The molecule has 0 saturated heterocycles. The number of hydrogen-bond acceptors (Lipinski definition) is 4. The van der Waals surface area contributed by atoms with E-state index in [1.165, 1.54) is 4.90 Å². The van der Waals surface area contributed by atoms with Gasteiger partial charge >= 0.3 is 0 Å². The Morgan fingerprint density at radius 1 is 1.13 bits per heavy atom. The van der Waals surface area contributed by atoms with E-state index in [4.69, 9.17) is 21.1 Å². The molecule has 8 heteroatoms. The van der Waals surface area contributed by atoms with Gasteiger partial charge in [-0.15, -0.1) is 0 Å². The fourth-order valence-electron chi connectivity index (χ4n) is 2.69. The van der Waals surface area contributed by atoms with Gasteiger partial charge in [0.25, 0.3) is 5.91 Å². The Morgan fingerprint density at radius 3 is 2.61 bits per heavy atom. The van der Waals surface area contributed by atoms with Crippen LogP contribution in [0.25, 0.3) is 0 Å². The third kappa shape index (κ3) is 8.38. The van der Waals surface area contributed by atoms with Crippen LogP contribution in [0, 0.1) is 0 Å². The number of ether oxygens (including phenoxy) is 2. The van der Waals surface area contributed by atoms with Crippen LogP contribution in [0.2, 0.25) is 5.02 Å². The molecule has 2 aromatic rings. The maximum atomic E-state index is 11.7. The lowest BCUT2D eigenvalue weighted by atomic mass is 10.1. The number of guanidine groups is 1. The van der Waals surface area contributed by atoms with Crippen molar-refractivity contribution in [3.8, 4) is 11.5 Å². The zero-order chi connectivity index (χ0) is 22.6. The van der Waals surface area contributed by atoms with Gasteiger partial charge in [0.15, 0.2) is 12.6 Å². The Bertz CT molecular complexity index is 887. The van der Waals surface area contributed by atoms with Crippen molar-refractivity contribution in [1.82, 2.24) is 15.5 Å². The van der Waals surface area contributed by atoms with Crippen molar-refractivity contribution in [2.45, 2.75) is 19.9 Å². The number of hydrogen-bond donors (Lipinski definition) is 2. The van der Waals surface area contributed by atoms with Crippen LogP contribution in [0.15, 0.2) is 47.5 Å². The Labute approximate surface area is 189 Å². The van der Waals surface area contributed by atoms with Crippen molar-refractivity contribution in [2.75, 3.05) is 40.9 Å². The molecule has 0 aromatic heterocycles. The molecular weight excluding hydrogens is 416 g/mol. The summed E-state index contributed by atoms with van der Waals surface area (Å²) >= 11 is 6.31. The monoisotopic (exact) mass is 446 g/mol. The van der Waals surface area contributed by atoms with Crippen LogP contribution in [0.1, 0.15) is 18.1 Å². The smallest absolute Gasteiger partial charge is 0.259 e. The molecule has 0 unspecified atom stereocenters. The van der Waals surface area contributed by atoms with E-state index in [0.29, 0.717) is 23.9 Å². The van der Waals surface area contributed by atoms with Crippen LogP contribution in [-0.4, -0.2) is 57.7 Å². The molecule has 7 nitrogen and oxygen atoms in total. The normalized spacial score (nSPS) is 11.1. The third-order valence-electron chi connectivity index (χ3n) is 4.47. The van der Waals surface area contributed by atoms with Crippen molar-refractivity contribution >= 4 is 23.5 Å². The van der Waals surface area contributed by atoms with E-state index in [9.17, 15) is 4.79 Å². The fraction of sp³-hybridized carbons (Fsp3) is 0.391. The number of carbonyl (C=O) groups is 1. The lowest BCUT2D eigenvalue weighted by molar-refractivity contribution is -0.130. The van der Waals surface area contributed by atoms with Crippen LogP contribution in [0.5, 0.6) is 11.5 Å². The van der Waals surface area contributed by atoms with E-state index >= 15 is 0 Å². The molecule has 0 bridgehead atoms. The minimum Gasteiger partial charge on any atom is -0.497 e. The SMILES string of the molecule is CCNC(=NCc1cccc(OCC(=O)N(C)C)c1)NCCc1ccc(OC)cc1Cl. The summed E-state index contributed by atoms with van der Waals surface area (Å²) in [5.74, 6) is 2.03. The van der Waals surface area contributed by atoms with Crippen LogP contribution in [-0.2, 0) is 17.8 Å². The summed E-state index contributed by atoms with van der Waals surface area (Å²) in [5.41, 5.74) is 2.04. The molecule has 2 N–H and O–H groups in total. The third-order valence-corrected chi connectivity index (χ3v) is 4.82. The van der Waals surface area contributed by atoms with Crippen LogP contribution in [0.4, 0.5) is 0 Å². The molecular formula is C23H31ClN4O3. The Kier molecular flexibility index (Phi) is 9.97. The summed E-state index contributed by atoms with van der Waals surface area (Å²) in [6, 6.07) is 13.3. The summed E-state index contributed by atoms with van der Waals surface area (Å²) in [7, 11) is 5.03. The highest BCUT2D eigenvalue weighted by Gasteiger charge is 2.06. The Morgan fingerprint density at radius 2 is 1.94 bits per heavy atom. The van der Waals surface area contributed by atoms with Crippen molar-refractivity contribution in [3.05, 3.63) is 58.6 Å². The molecule has 0 saturated carbocycles. The number of methoxy groups -OCH3 is 1. The predicted octanol–water partition coefficient (Wildman–Crippen LogP) is 3.11. The van der Waals surface area contributed by atoms with E-state index in [1.807, 2.05) is 49.4 Å². The lowest BCUT2D eigenvalue weighted by Gasteiger charge is -2.13. The number of carbonyl (C=O) groups excluding carboxylic acids is 1. The minimum atomic E-state index is -0.0842. The summed E-state index contributed by atoms with van der Waals surface area (Å²) in [4.78, 5) is 17.8. The molecule has 31 heavy (non-hydrogen) atoms. The van der Waals surface area contributed by atoms with Crippen LogP contribution < -0.4 is 20.1 Å². The molecule has 0 spiro atoms. The van der Waals surface area contributed by atoms with E-state index in [-0.39, 0.29) is 12.5 Å². The molecule has 1 amide bonds. The molecule has 0 aliphatic rings. The van der Waals surface area contributed by atoms with Gasteiger partial charge in [0.05, 0.1) is 13.7 Å². The van der Waals surface area contributed by atoms with E-state index in [2.05, 4.69) is 15.6 Å². The maximum Gasteiger partial charge on any atom is 0.259 e. The number of nitrogens with zero attached hydrogens (tertiary/aromatic N) is 2. The van der Waals surface area contributed by atoms with Gasteiger partial charge < -0.3 is 25.0 Å². The zero-order valence-corrected chi connectivity index (χ0v) is 19.3. The first-order chi connectivity index (χ1) is 14.9. The number of amides is 1. The highest BCUT2D eigenvalue weighted by atomic mass is 35.5. The number of aliphatic imine (C=N–C) groups is 1. The predicted molar refractivity (Wildman–Crippen MR) is 125 cm³/mol. The average Bonchev–Trinajstić information content (AvgIpc) is 2.77. The first-order valence-corrected chi connectivity index (χ1v) is 10.6. The molecule has 0 atom stereocenters. The lowest BCUT2D eigenvalue weighted by Crippen LogP contribution is -2.38. The second-order valence-corrected chi connectivity index (χ2v) is 7.46.